The van der Waals surface area contributed by atoms with Crippen molar-refractivity contribution < 1.29 is 13.6 Å². The molecule has 0 N–H and O–H groups in total. The summed E-state index contributed by atoms with van der Waals surface area (Å²) in [7, 11) is 1.63. The summed E-state index contributed by atoms with van der Waals surface area (Å²) in [4.78, 5) is 28.9. The van der Waals surface area contributed by atoms with E-state index in [9.17, 15) is 18.4 Å². The molecule has 122 valence electrons. The highest BCUT2D eigenvalue weighted by molar-refractivity contribution is 5.75. The van der Waals surface area contributed by atoms with E-state index in [0.29, 0.717) is 6.54 Å². The number of halogens is 2. The molecule has 0 saturated heterocycles. The van der Waals surface area contributed by atoms with E-state index in [1.807, 2.05) is 31.2 Å². The van der Waals surface area contributed by atoms with E-state index in [1.54, 1.807) is 7.05 Å². The number of benzene rings is 1. The van der Waals surface area contributed by atoms with Crippen molar-refractivity contribution in [3.05, 3.63) is 63.8 Å². The second-order valence-corrected chi connectivity index (χ2v) is 5.26. The van der Waals surface area contributed by atoms with Crippen LogP contribution in [0.25, 0.3) is 0 Å². The van der Waals surface area contributed by atoms with E-state index in [0.717, 1.165) is 28.1 Å². The van der Waals surface area contributed by atoms with Crippen LogP contribution in [0.4, 0.5) is 8.78 Å². The third-order valence-corrected chi connectivity index (χ3v) is 3.52. The minimum atomic E-state index is -2.81. The Labute approximate surface area is 132 Å². The molecule has 0 spiro atoms. The summed E-state index contributed by atoms with van der Waals surface area (Å²) in [6.45, 7) is 2.12. The van der Waals surface area contributed by atoms with E-state index in [4.69, 9.17) is 0 Å². The molecule has 1 aromatic heterocycles. The van der Waals surface area contributed by atoms with Gasteiger partial charge in [-0.1, -0.05) is 24.3 Å². The van der Waals surface area contributed by atoms with Crippen LogP contribution in [0.15, 0.2) is 41.5 Å². The Morgan fingerprint density at radius 1 is 1.35 bits per heavy atom. The normalized spacial score (nSPS) is 10.8. The zero-order valence-corrected chi connectivity index (χ0v) is 12.9. The molecule has 0 radical (unpaired) electrons. The van der Waals surface area contributed by atoms with Gasteiger partial charge in [0.15, 0.2) is 0 Å². The van der Waals surface area contributed by atoms with Crippen LogP contribution in [0.5, 0.6) is 0 Å². The number of carbonyl (C=O) groups excluding carboxylic acids is 1. The molecule has 0 aliphatic rings. The molecule has 1 aromatic carbocycles. The number of hydrogen-bond donors (Lipinski definition) is 0. The van der Waals surface area contributed by atoms with Crippen LogP contribution in [0, 0.1) is 6.92 Å². The average Bonchev–Trinajstić information content (AvgIpc) is 2.51. The zero-order chi connectivity index (χ0) is 17.0. The first-order chi connectivity index (χ1) is 10.9. The van der Waals surface area contributed by atoms with Crippen molar-refractivity contribution in [1.29, 1.82) is 0 Å². The molecule has 0 saturated carbocycles. The van der Waals surface area contributed by atoms with Crippen LogP contribution in [0.3, 0.4) is 0 Å². The number of alkyl halides is 2. The number of amides is 1. The number of aryl methyl sites for hydroxylation is 1. The molecule has 5 nitrogen and oxygen atoms in total. The Balaban J connectivity index is 2.07. The van der Waals surface area contributed by atoms with Crippen molar-refractivity contribution >= 4 is 5.91 Å². The predicted octanol–water partition coefficient (Wildman–Crippen LogP) is 2.15. The molecule has 2 aromatic rings. The Morgan fingerprint density at radius 3 is 2.65 bits per heavy atom. The summed E-state index contributed by atoms with van der Waals surface area (Å²) >= 11 is 0. The molecular formula is C16H17F2N3O2. The maximum Gasteiger partial charge on any atom is 0.280 e. The maximum atomic E-state index is 12.5. The lowest BCUT2D eigenvalue weighted by Crippen LogP contribution is -2.33. The van der Waals surface area contributed by atoms with Gasteiger partial charge in [-0.25, -0.2) is 13.8 Å². The summed E-state index contributed by atoms with van der Waals surface area (Å²) < 4.78 is 25.9. The molecular weight excluding hydrogens is 304 g/mol. The molecule has 0 aliphatic heterocycles. The van der Waals surface area contributed by atoms with Crippen LogP contribution in [-0.4, -0.2) is 27.4 Å². The molecule has 0 fully saturated rings. The number of rotatable bonds is 5. The summed E-state index contributed by atoms with van der Waals surface area (Å²) in [6.07, 6.45) is -1.83. The lowest BCUT2D eigenvalue weighted by molar-refractivity contribution is -0.131. The van der Waals surface area contributed by atoms with Crippen molar-refractivity contribution in [3.63, 3.8) is 0 Å². The smallest absolute Gasteiger partial charge is 0.280 e. The van der Waals surface area contributed by atoms with Crippen molar-refractivity contribution in [2.75, 3.05) is 7.05 Å². The fourth-order valence-electron chi connectivity index (χ4n) is 2.08. The molecule has 0 unspecified atom stereocenters. The second-order valence-electron chi connectivity index (χ2n) is 5.26. The lowest BCUT2D eigenvalue weighted by atomic mass is 10.1. The van der Waals surface area contributed by atoms with E-state index >= 15 is 0 Å². The quantitative estimate of drug-likeness (QED) is 0.848. The summed E-state index contributed by atoms with van der Waals surface area (Å²) in [5.74, 6) is -0.304. The summed E-state index contributed by atoms with van der Waals surface area (Å²) in [5.41, 5.74) is 0.800. The summed E-state index contributed by atoms with van der Waals surface area (Å²) in [5, 5.41) is 0. The van der Waals surface area contributed by atoms with Gasteiger partial charge in [-0.2, -0.15) is 0 Å². The summed E-state index contributed by atoms with van der Waals surface area (Å²) in [6, 6.07) is 8.42. The predicted molar refractivity (Wildman–Crippen MR) is 81.1 cm³/mol. The molecule has 23 heavy (non-hydrogen) atoms. The number of hydrogen-bond acceptors (Lipinski definition) is 3. The Kier molecular flexibility index (Phi) is 5.20. The van der Waals surface area contributed by atoms with Gasteiger partial charge in [-0.05, 0) is 18.1 Å². The first-order valence-corrected chi connectivity index (χ1v) is 7.01. The van der Waals surface area contributed by atoms with Gasteiger partial charge in [0.1, 0.15) is 12.2 Å². The minimum Gasteiger partial charge on any atom is -0.340 e. The third kappa shape index (κ3) is 4.21. The molecule has 0 atom stereocenters. The molecule has 0 aliphatic carbocycles. The Morgan fingerprint density at radius 2 is 2.04 bits per heavy atom. The zero-order valence-electron chi connectivity index (χ0n) is 12.9. The molecule has 7 heteroatoms. The third-order valence-electron chi connectivity index (χ3n) is 3.52. The second kappa shape index (κ2) is 7.13. The van der Waals surface area contributed by atoms with Gasteiger partial charge in [0.25, 0.3) is 12.0 Å². The van der Waals surface area contributed by atoms with Crippen LogP contribution in [0.1, 0.15) is 23.2 Å². The van der Waals surface area contributed by atoms with Gasteiger partial charge in [-0.15, -0.1) is 0 Å². The molecule has 1 amide bonds. The van der Waals surface area contributed by atoms with Gasteiger partial charge in [0.2, 0.25) is 5.91 Å². The van der Waals surface area contributed by atoms with E-state index in [-0.39, 0.29) is 12.5 Å². The lowest BCUT2D eigenvalue weighted by Gasteiger charge is -2.19. The van der Waals surface area contributed by atoms with Gasteiger partial charge in [0, 0.05) is 19.7 Å². The molecule has 0 bridgehead atoms. The van der Waals surface area contributed by atoms with Crippen LogP contribution in [0.2, 0.25) is 0 Å². The van der Waals surface area contributed by atoms with E-state index in [2.05, 4.69) is 4.98 Å². The van der Waals surface area contributed by atoms with E-state index < -0.39 is 17.7 Å². The average molecular weight is 321 g/mol. The maximum absolute atomic E-state index is 12.5. The van der Waals surface area contributed by atoms with Gasteiger partial charge < -0.3 is 4.90 Å². The molecule has 1 heterocycles. The van der Waals surface area contributed by atoms with Gasteiger partial charge in [0.05, 0.1) is 6.33 Å². The molecule has 2 rings (SSSR count). The van der Waals surface area contributed by atoms with Gasteiger partial charge >= 0.3 is 0 Å². The largest absolute Gasteiger partial charge is 0.340 e. The van der Waals surface area contributed by atoms with Crippen molar-refractivity contribution in [2.45, 2.75) is 26.4 Å². The minimum absolute atomic E-state index is 0.238. The number of carbonyl (C=O) groups is 1. The highest BCUT2D eigenvalue weighted by Crippen LogP contribution is 2.13. The number of likely N-dealkylation sites (N-methyl/N-ethyl adjacent to an activating group) is 1. The standard InChI is InChI=1S/C16H17F2N3O2/c1-11-5-3-4-6-12(11)8-20(2)15(23)9-21-10-19-13(16(17)18)7-14(21)22/h3-7,10,16H,8-9H2,1-2H3. The van der Waals surface area contributed by atoms with Crippen LogP contribution < -0.4 is 5.56 Å². The monoisotopic (exact) mass is 321 g/mol. The fraction of sp³-hybridized carbons (Fsp3) is 0.312. The van der Waals surface area contributed by atoms with Crippen LogP contribution in [-0.2, 0) is 17.9 Å². The van der Waals surface area contributed by atoms with E-state index in [1.165, 1.54) is 4.90 Å². The highest BCUT2D eigenvalue weighted by Gasteiger charge is 2.14. The van der Waals surface area contributed by atoms with Crippen molar-refractivity contribution in [2.24, 2.45) is 0 Å². The van der Waals surface area contributed by atoms with Crippen molar-refractivity contribution in [1.82, 2.24) is 14.5 Å². The van der Waals surface area contributed by atoms with Gasteiger partial charge in [-0.3, -0.25) is 14.2 Å². The Hall–Kier alpha value is -2.57. The Bertz CT molecular complexity index is 759. The number of aromatic nitrogens is 2. The first-order valence-electron chi connectivity index (χ1n) is 7.01. The first kappa shape index (κ1) is 16.8. The fourth-order valence-corrected chi connectivity index (χ4v) is 2.08. The topological polar surface area (TPSA) is 55.2 Å². The van der Waals surface area contributed by atoms with Crippen molar-refractivity contribution in [3.8, 4) is 0 Å². The SMILES string of the molecule is Cc1ccccc1CN(C)C(=O)Cn1cnc(C(F)F)cc1=O. The number of nitrogens with zero attached hydrogens (tertiary/aromatic N) is 3. The van der Waals surface area contributed by atoms with Crippen LogP contribution >= 0.6 is 0 Å². The highest BCUT2D eigenvalue weighted by atomic mass is 19.3.